The number of benzene rings is 1. The Labute approximate surface area is 130 Å². The molecule has 1 aromatic carbocycles. The van der Waals surface area contributed by atoms with Crippen LogP contribution in [0, 0.1) is 5.92 Å². The number of nitrogens with two attached hydrogens (primary N) is 1. The van der Waals surface area contributed by atoms with Crippen LogP contribution in [0.25, 0.3) is 10.1 Å². The standard InChI is InChI=1S/C14H15ClN2OS2/c15-9-2-1-3-10-11(9)12(16)13(20-10)14(18)17-6-8-4-5-19-7-8/h1-3,8H,4-7,16H2,(H,17,18). The molecule has 0 aliphatic carbocycles. The van der Waals surface area contributed by atoms with Crippen molar-refractivity contribution < 1.29 is 4.79 Å². The highest BCUT2D eigenvalue weighted by atomic mass is 35.5. The summed E-state index contributed by atoms with van der Waals surface area (Å²) in [6.45, 7) is 0.729. The molecule has 106 valence electrons. The molecule has 1 aliphatic rings. The van der Waals surface area contributed by atoms with Gasteiger partial charge in [-0.1, -0.05) is 17.7 Å². The van der Waals surface area contributed by atoms with Gasteiger partial charge < -0.3 is 11.1 Å². The Morgan fingerprint density at radius 1 is 1.50 bits per heavy atom. The maximum atomic E-state index is 12.3. The van der Waals surface area contributed by atoms with Crippen molar-refractivity contribution >= 4 is 56.4 Å². The largest absolute Gasteiger partial charge is 0.397 e. The molecule has 1 fully saturated rings. The van der Waals surface area contributed by atoms with E-state index in [1.807, 2.05) is 23.9 Å². The van der Waals surface area contributed by atoms with Crippen molar-refractivity contribution in [3.8, 4) is 0 Å². The number of thioether (sulfide) groups is 1. The Kier molecular flexibility index (Phi) is 4.10. The van der Waals surface area contributed by atoms with Crippen molar-refractivity contribution in [3.05, 3.63) is 28.1 Å². The molecular formula is C14H15ClN2OS2. The number of fused-ring (bicyclic) bond motifs is 1. The van der Waals surface area contributed by atoms with Gasteiger partial charge in [0.1, 0.15) is 4.88 Å². The van der Waals surface area contributed by atoms with E-state index in [0.29, 0.717) is 21.5 Å². The van der Waals surface area contributed by atoms with Gasteiger partial charge in [-0.2, -0.15) is 11.8 Å². The minimum atomic E-state index is -0.0864. The maximum Gasteiger partial charge on any atom is 0.263 e. The molecule has 6 heteroatoms. The summed E-state index contributed by atoms with van der Waals surface area (Å²) in [5, 5.41) is 4.39. The van der Waals surface area contributed by atoms with E-state index in [0.717, 1.165) is 22.4 Å². The number of halogens is 1. The predicted octanol–water partition coefficient (Wildman–Crippen LogP) is 3.62. The molecule has 1 atom stereocenters. The third kappa shape index (κ3) is 2.62. The fourth-order valence-electron chi connectivity index (χ4n) is 2.36. The van der Waals surface area contributed by atoms with Gasteiger partial charge in [0, 0.05) is 16.6 Å². The number of thiophene rings is 1. The van der Waals surface area contributed by atoms with Gasteiger partial charge in [0.2, 0.25) is 0 Å². The number of hydrogen-bond acceptors (Lipinski definition) is 4. The second-order valence-electron chi connectivity index (χ2n) is 4.90. The van der Waals surface area contributed by atoms with Gasteiger partial charge in [-0.3, -0.25) is 4.79 Å². The fraction of sp³-hybridized carbons (Fsp3) is 0.357. The average molecular weight is 327 g/mol. The zero-order valence-corrected chi connectivity index (χ0v) is 13.2. The first-order valence-electron chi connectivity index (χ1n) is 6.49. The normalized spacial score (nSPS) is 18.6. The van der Waals surface area contributed by atoms with E-state index in [2.05, 4.69) is 5.32 Å². The van der Waals surface area contributed by atoms with Crippen molar-refractivity contribution in [3.63, 3.8) is 0 Å². The molecule has 0 bridgehead atoms. The topological polar surface area (TPSA) is 55.1 Å². The Bertz CT molecular complexity index is 650. The summed E-state index contributed by atoms with van der Waals surface area (Å²) in [6, 6.07) is 5.61. The molecule has 1 saturated heterocycles. The van der Waals surface area contributed by atoms with Gasteiger partial charge in [0.15, 0.2) is 0 Å². The van der Waals surface area contributed by atoms with Gasteiger partial charge in [0.05, 0.1) is 10.7 Å². The number of nitrogen functional groups attached to an aromatic ring is 1. The number of anilines is 1. The van der Waals surface area contributed by atoms with E-state index >= 15 is 0 Å². The van der Waals surface area contributed by atoms with Crippen LogP contribution in [0.15, 0.2) is 18.2 Å². The summed E-state index contributed by atoms with van der Waals surface area (Å²) in [6.07, 6.45) is 1.18. The molecule has 2 heterocycles. The summed E-state index contributed by atoms with van der Waals surface area (Å²) in [5.41, 5.74) is 6.58. The quantitative estimate of drug-likeness (QED) is 0.905. The number of nitrogens with one attached hydrogen (secondary N) is 1. The van der Waals surface area contributed by atoms with Gasteiger partial charge >= 0.3 is 0 Å². The molecular weight excluding hydrogens is 312 g/mol. The first-order chi connectivity index (χ1) is 9.66. The van der Waals surface area contributed by atoms with Crippen molar-refractivity contribution in [2.45, 2.75) is 6.42 Å². The van der Waals surface area contributed by atoms with E-state index < -0.39 is 0 Å². The predicted molar refractivity (Wildman–Crippen MR) is 89.0 cm³/mol. The van der Waals surface area contributed by atoms with E-state index in [1.54, 1.807) is 6.07 Å². The minimum absolute atomic E-state index is 0.0864. The van der Waals surface area contributed by atoms with E-state index in [1.165, 1.54) is 23.5 Å². The van der Waals surface area contributed by atoms with Crippen LogP contribution >= 0.6 is 34.7 Å². The lowest BCUT2D eigenvalue weighted by Gasteiger charge is -2.09. The monoisotopic (exact) mass is 326 g/mol. The molecule has 2 aromatic rings. The molecule has 3 N–H and O–H groups in total. The second kappa shape index (κ2) is 5.84. The molecule has 1 unspecified atom stereocenters. The van der Waals surface area contributed by atoms with Gasteiger partial charge in [-0.25, -0.2) is 0 Å². The third-order valence-corrected chi connectivity index (χ3v) is 6.20. The summed E-state index contributed by atoms with van der Waals surface area (Å²) in [5.74, 6) is 2.83. The lowest BCUT2D eigenvalue weighted by atomic mass is 10.1. The Morgan fingerprint density at radius 3 is 3.05 bits per heavy atom. The Hall–Kier alpha value is -0.910. The third-order valence-electron chi connectivity index (χ3n) is 3.48. The smallest absolute Gasteiger partial charge is 0.263 e. The van der Waals surface area contributed by atoms with Crippen LogP contribution < -0.4 is 11.1 Å². The molecule has 3 nitrogen and oxygen atoms in total. The highest BCUT2D eigenvalue weighted by molar-refractivity contribution is 7.99. The van der Waals surface area contributed by atoms with E-state index in [9.17, 15) is 4.79 Å². The number of amides is 1. The first kappa shape index (κ1) is 14.0. The van der Waals surface area contributed by atoms with Gasteiger partial charge in [0.25, 0.3) is 5.91 Å². The summed E-state index contributed by atoms with van der Waals surface area (Å²) in [7, 11) is 0. The first-order valence-corrected chi connectivity index (χ1v) is 8.84. The van der Waals surface area contributed by atoms with Crippen LogP contribution in [0.5, 0.6) is 0 Å². The van der Waals surface area contributed by atoms with Gasteiger partial charge in [-0.05, 0) is 36.0 Å². The van der Waals surface area contributed by atoms with Crippen molar-refractivity contribution in [2.75, 3.05) is 23.8 Å². The summed E-state index contributed by atoms with van der Waals surface area (Å²) >= 11 is 9.50. The summed E-state index contributed by atoms with van der Waals surface area (Å²) in [4.78, 5) is 12.8. The molecule has 0 radical (unpaired) electrons. The molecule has 0 spiro atoms. The van der Waals surface area contributed by atoms with Crippen LogP contribution in [0.1, 0.15) is 16.1 Å². The summed E-state index contributed by atoms with van der Waals surface area (Å²) < 4.78 is 0.955. The average Bonchev–Trinajstić information content (AvgIpc) is 3.05. The minimum Gasteiger partial charge on any atom is -0.397 e. The number of carbonyl (C=O) groups excluding carboxylic acids is 1. The fourth-order valence-corrected chi connectivity index (χ4v) is 5.04. The van der Waals surface area contributed by atoms with Crippen molar-refractivity contribution in [2.24, 2.45) is 5.92 Å². The zero-order valence-electron chi connectivity index (χ0n) is 10.8. The van der Waals surface area contributed by atoms with Crippen LogP contribution in [0.2, 0.25) is 5.02 Å². The number of hydrogen-bond donors (Lipinski definition) is 2. The zero-order chi connectivity index (χ0) is 14.1. The lowest BCUT2D eigenvalue weighted by molar-refractivity contribution is 0.0953. The lowest BCUT2D eigenvalue weighted by Crippen LogP contribution is -2.29. The van der Waals surface area contributed by atoms with Crippen LogP contribution in [0.4, 0.5) is 5.69 Å². The van der Waals surface area contributed by atoms with Crippen molar-refractivity contribution in [1.82, 2.24) is 5.32 Å². The van der Waals surface area contributed by atoms with E-state index in [-0.39, 0.29) is 5.91 Å². The number of carbonyl (C=O) groups is 1. The Balaban J connectivity index is 1.80. The highest BCUT2D eigenvalue weighted by Gasteiger charge is 2.20. The van der Waals surface area contributed by atoms with Gasteiger partial charge in [-0.15, -0.1) is 11.3 Å². The molecule has 0 saturated carbocycles. The second-order valence-corrected chi connectivity index (χ2v) is 7.51. The van der Waals surface area contributed by atoms with Crippen LogP contribution in [-0.4, -0.2) is 24.0 Å². The Morgan fingerprint density at radius 2 is 2.35 bits per heavy atom. The molecule has 1 aromatic heterocycles. The maximum absolute atomic E-state index is 12.3. The number of rotatable bonds is 3. The molecule has 20 heavy (non-hydrogen) atoms. The van der Waals surface area contributed by atoms with E-state index in [4.69, 9.17) is 17.3 Å². The molecule has 3 rings (SSSR count). The van der Waals surface area contributed by atoms with Crippen molar-refractivity contribution in [1.29, 1.82) is 0 Å². The molecule has 1 amide bonds. The molecule has 1 aliphatic heterocycles. The van der Waals surface area contributed by atoms with Crippen LogP contribution in [0.3, 0.4) is 0 Å². The highest BCUT2D eigenvalue weighted by Crippen LogP contribution is 2.37. The SMILES string of the molecule is Nc1c(C(=O)NCC2CCSC2)sc2cccc(Cl)c12. The van der Waals surface area contributed by atoms with Crippen LogP contribution in [-0.2, 0) is 0 Å².